The Morgan fingerprint density at radius 1 is 0.846 bits per heavy atom. The fourth-order valence-corrected chi connectivity index (χ4v) is 6.78. The number of fused-ring (bicyclic) bond motifs is 2. The highest BCUT2D eigenvalue weighted by atomic mass is 19.1. The van der Waals surface area contributed by atoms with Crippen molar-refractivity contribution in [3.63, 3.8) is 0 Å². The Morgan fingerprint density at radius 2 is 1.44 bits per heavy atom. The maximum absolute atomic E-state index is 14.8. The van der Waals surface area contributed by atoms with Gasteiger partial charge in [-0.1, -0.05) is 91.0 Å². The molecule has 4 aromatic rings. The van der Waals surface area contributed by atoms with Crippen LogP contribution in [0.25, 0.3) is 0 Å². The summed E-state index contributed by atoms with van der Waals surface area (Å²) in [5.41, 5.74) is 7.71. The summed E-state index contributed by atoms with van der Waals surface area (Å²) in [5.74, 6) is -0.210. The maximum atomic E-state index is 14.8. The van der Waals surface area contributed by atoms with Gasteiger partial charge in [-0.25, -0.2) is 4.39 Å². The van der Waals surface area contributed by atoms with Crippen LogP contribution in [0.5, 0.6) is 0 Å². The molecule has 0 saturated carbocycles. The van der Waals surface area contributed by atoms with Gasteiger partial charge in [-0.2, -0.15) is 0 Å². The number of nitrogens with zero attached hydrogens (tertiary/aromatic N) is 2. The van der Waals surface area contributed by atoms with Crippen LogP contribution in [0.3, 0.4) is 0 Å². The zero-order valence-electron chi connectivity index (χ0n) is 22.7. The van der Waals surface area contributed by atoms with Crippen LogP contribution >= 0.6 is 0 Å². The van der Waals surface area contributed by atoms with Crippen molar-refractivity contribution in [1.29, 1.82) is 0 Å². The molecule has 4 aromatic carbocycles. The SMILES string of the molecule is Cc1ccccc1C1(C)c2ccccc2CCN1CC(=O)N(Cc1ccccc1F)C1Cc2ccccc2C1. The molecule has 198 valence electrons. The van der Waals surface area contributed by atoms with Gasteiger partial charge in [-0.3, -0.25) is 9.69 Å². The number of rotatable bonds is 6. The first-order valence-corrected chi connectivity index (χ1v) is 13.9. The number of hydrogen-bond donors (Lipinski definition) is 0. The summed E-state index contributed by atoms with van der Waals surface area (Å²) in [4.78, 5) is 18.6. The molecular weight excluding hydrogens is 483 g/mol. The Hall–Kier alpha value is -3.76. The molecule has 0 saturated heterocycles. The van der Waals surface area contributed by atoms with Crippen LogP contribution in [0.4, 0.5) is 4.39 Å². The van der Waals surface area contributed by atoms with Crippen LogP contribution in [-0.2, 0) is 36.1 Å². The lowest BCUT2D eigenvalue weighted by atomic mass is 9.75. The van der Waals surface area contributed by atoms with Gasteiger partial charge in [0.25, 0.3) is 0 Å². The van der Waals surface area contributed by atoms with Crippen LogP contribution in [0.15, 0.2) is 97.1 Å². The summed E-state index contributed by atoms with van der Waals surface area (Å²) in [7, 11) is 0. The number of carbonyl (C=O) groups excluding carboxylic acids is 1. The molecule has 4 heteroatoms. The van der Waals surface area contributed by atoms with Crippen molar-refractivity contribution in [3.8, 4) is 0 Å². The minimum atomic E-state index is -0.446. The van der Waals surface area contributed by atoms with Gasteiger partial charge in [-0.15, -0.1) is 0 Å². The van der Waals surface area contributed by atoms with Gasteiger partial charge in [-0.05, 0) is 72.6 Å². The summed E-state index contributed by atoms with van der Waals surface area (Å²) >= 11 is 0. The number of benzene rings is 4. The Kier molecular flexibility index (Phi) is 6.82. The van der Waals surface area contributed by atoms with E-state index in [1.165, 1.54) is 39.4 Å². The van der Waals surface area contributed by atoms with E-state index < -0.39 is 5.54 Å². The van der Waals surface area contributed by atoms with E-state index in [2.05, 4.69) is 91.5 Å². The highest BCUT2D eigenvalue weighted by Crippen LogP contribution is 2.42. The van der Waals surface area contributed by atoms with Gasteiger partial charge in [0.2, 0.25) is 5.91 Å². The molecule has 0 N–H and O–H groups in total. The minimum absolute atomic E-state index is 0.0105. The van der Waals surface area contributed by atoms with E-state index in [0.717, 1.165) is 25.8 Å². The molecule has 0 bridgehead atoms. The van der Waals surface area contributed by atoms with Crippen molar-refractivity contribution >= 4 is 5.91 Å². The summed E-state index contributed by atoms with van der Waals surface area (Å²) in [6, 6.07) is 32.4. The van der Waals surface area contributed by atoms with E-state index in [4.69, 9.17) is 0 Å². The van der Waals surface area contributed by atoms with Gasteiger partial charge >= 0.3 is 0 Å². The van der Waals surface area contributed by atoms with Gasteiger partial charge in [0.15, 0.2) is 0 Å². The summed E-state index contributed by atoms with van der Waals surface area (Å²) in [5, 5.41) is 0. The second-order valence-corrected chi connectivity index (χ2v) is 11.2. The molecule has 1 aliphatic carbocycles. The number of amides is 1. The largest absolute Gasteiger partial charge is 0.333 e. The van der Waals surface area contributed by atoms with Crippen molar-refractivity contribution in [2.75, 3.05) is 13.1 Å². The van der Waals surface area contributed by atoms with Crippen molar-refractivity contribution in [1.82, 2.24) is 9.80 Å². The first-order chi connectivity index (χ1) is 18.9. The van der Waals surface area contributed by atoms with Crippen LogP contribution in [0, 0.1) is 12.7 Å². The standard InChI is InChI=1S/C35H35FN2O/c1-25-11-3-8-16-31(25)35(2)32-17-9-6-12-26(32)19-20-37(35)24-34(39)38(23-29-15-7-10-18-33(29)36)30-21-27-13-4-5-14-28(27)22-30/h3-18,30H,19-24H2,1-2H3. The lowest BCUT2D eigenvalue weighted by Crippen LogP contribution is -2.54. The zero-order valence-corrected chi connectivity index (χ0v) is 22.7. The highest BCUT2D eigenvalue weighted by molar-refractivity contribution is 5.79. The first-order valence-electron chi connectivity index (χ1n) is 13.9. The predicted molar refractivity (Wildman–Crippen MR) is 154 cm³/mol. The second kappa shape index (κ2) is 10.4. The van der Waals surface area contributed by atoms with Gasteiger partial charge in [0.1, 0.15) is 5.82 Å². The summed E-state index contributed by atoms with van der Waals surface area (Å²) in [6.07, 6.45) is 2.50. The van der Waals surface area contributed by atoms with E-state index in [1.54, 1.807) is 12.1 Å². The third kappa shape index (κ3) is 4.68. The third-order valence-electron chi connectivity index (χ3n) is 8.91. The zero-order chi connectivity index (χ0) is 27.0. The van der Waals surface area contributed by atoms with E-state index in [-0.39, 0.29) is 30.9 Å². The Morgan fingerprint density at radius 3 is 2.13 bits per heavy atom. The minimum Gasteiger partial charge on any atom is -0.333 e. The molecule has 0 fully saturated rings. The Balaban J connectivity index is 1.36. The molecule has 1 unspecified atom stereocenters. The van der Waals surface area contributed by atoms with Gasteiger partial charge < -0.3 is 4.90 Å². The number of carbonyl (C=O) groups is 1. The smallest absolute Gasteiger partial charge is 0.237 e. The highest BCUT2D eigenvalue weighted by Gasteiger charge is 2.42. The fourth-order valence-electron chi connectivity index (χ4n) is 6.78. The molecular formula is C35H35FN2O. The van der Waals surface area contributed by atoms with Crippen LogP contribution in [0.2, 0.25) is 0 Å². The topological polar surface area (TPSA) is 23.6 Å². The lowest BCUT2D eigenvalue weighted by Gasteiger charge is -2.47. The van der Waals surface area contributed by atoms with E-state index in [0.29, 0.717) is 5.56 Å². The van der Waals surface area contributed by atoms with Crippen molar-refractivity contribution in [3.05, 3.63) is 142 Å². The third-order valence-corrected chi connectivity index (χ3v) is 8.91. The fraction of sp³-hybridized carbons (Fsp3) is 0.286. The van der Waals surface area contributed by atoms with Crippen molar-refractivity contribution in [2.24, 2.45) is 0 Å². The molecule has 1 heterocycles. The van der Waals surface area contributed by atoms with Crippen molar-refractivity contribution in [2.45, 2.75) is 51.2 Å². The summed E-state index contributed by atoms with van der Waals surface area (Å²) in [6.45, 7) is 5.74. The van der Waals surface area contributed by atoms with Crippen molar-refractivity contribution < 1.29 is 9.18 Å². The van der Waals surface area contributed by atoms with E-state index >= 15 is 0 Å². The molecule has 0 radical (unpaired) electrons. The number of hydrogen-bond acceptors (Lipinski definition) is 2. The van der Waals surface area contributed by atoms with Gasteiger partial charge in [0, 0.05) is 24.7 Å². The lowest BCUT2D eigenvalue weighted by molar-refractivity contribution is -0.136. The summed E-state index contributed by atoms with van der Waals surface area (Å²) < 4.78 is 14.8. The molecule has 1 atom stereocenters. The average Bonchev–Trinajstić information content (AvgIpc) is 3.38. The molecule has 2 aliphatic rings. The molecule has 0 spiro atoms. The quantitative estimate of drug-likeness (QED) is 0.293. The Labute approximate surface area is 230 Å². The Bertz CT molecular complexity index is 1490. The van der Waals surface area contributed by atoms with E-state index in [9.17, 15) is 9.18 Å². The number of halogens is 1. The first kappa shape index (κ1) is 25.5. The predicted octanol–water partition coefficient (Wildman–Crippen LogP) is 6.45. The van der Waals surface area contributed by atoms with Crippen LogP contribution < -0.4 is 0 Å². The van der Waals surface area contributed by atoms with Crippen LogP contribution in [-0.4, -0.2) is 34.8 Å². The normalized spacial score (nSPS) is 18.9. The molecule has 3 nitrogen and oxygen atoms in total. The second-order valence-electron chi connectivity index (χ2n) is 11.2. The van der Waals surface area contributed by atoms with E-state index in [1.807, 2.05) is 11.0 Å². The maximum Gasteiger partial charge on any atom is 0.237 e. The molecule has 0 aromatic heterocycles. The molecule has 1 amide bonds. The molecule has 39 heavy (non-hydrogen) atoms. The average molecular weight is 519 g/mol. The monoisotopic (exact) mass is 518 g/mol. The number of aryl methyl sites for hydroxylation is 1. The molecule has 6 rings (SSSR count). The van der Waals surface area contributed by atoms with Crippen LogP contribution in [0.1, 0.15) is 45.9 Å². The van der Waals surface area contributed by atoms with Gasteiger partial charge in [0.05, 0.1) is 12.1 Å². The molecule has 1 aliphatic heterocycles.